The third kappa shape index (κ3) is 67.7. The highest BCUT2D eigenvalue weighted by molar-refractivity contribution is 7.57. The molecule has 0 heterocycles. The van der Waals surface area contributed by atoms with Crippen molar-refractivity contribution in [3.8, 4) is 0 Å². The molecule has 0 atom stereocenters. The van der Waals surface area contributed by atoms with E-state index < -0.39 is 7.37 Å². The van der Waals surface area contributed by atoms with Crippen LogP contribution in [-0.4, -0.2) is 77.6 Å². The van der Waals surface area contributed by atoms with E-state index in [1.54, 1.807) is 13.3 Å². The van der Waals surface area contributed by atoms with Crippen LogP contribution < -0.4 is 0 Å². The standard InChI is InChI=1S/C10H24N.C9H21N.C9H21O2P.9CH4/c1-7-10(2,3)8-9-11(4,5)6;1-6-9(2,3)7-8-10(4)5;1-6-9(2,3)7-8-11-12(4,5)10;;;;;;;;;/h7-9H2,1-6H3;6-8H2,1-5H3;6-8H2,1-5H3;9*1H4/q+1;;;;;;;;;;;. The SMILES string of the molecule is C.C.C.C.C.C.C.C.C.CCC(C)(C)CCN(C)C.CCC(C)(C)CCOP(C)(C)=O.CCC(C)(C)CC[N+](C)(C)C. The molecule has 0 fully saturated rings. The van der Waals surface area contributed by atoms with Gasteiger partial charge in [-0.3, -0.25) is 4.57 Å². The summed E-state index contributed by atoms with van der Waals surface area (Å²) in [6.07, 6.45) is 7.31. The molecule has 0 saturated heterocycles. The van der Waals surface area contributed by atoms with Gasteiger partial charge in [0.1, 0.15) is 0 Å². The molecule has 0 aromatic heterocycles. The van der Waals surface area contributed by atoms with Gasteiger partial charge in [-0.1, -0.05) is 148 Å². The van der Waals surface area contributed by atoms with Crippen molar-refractivity contribution < 1.29 is 13.6 Å². The molecule has 0 radical (unpaired) electrons. The van der Waals surface area contributed by atoms with Crippen molar-refractivity contribution in [3.05, 3.63) is 0 Å². The molecule has 0 aliphatic rings. The van der Waals surface area contributed by atoms with Crippen molar-refractivity contribution in [2.75, 3.05) is 68.3 Å². The molecule has 276 valence electrons. The Hall–Kier alpha value is 0.110. The molecule has 4 nitrogen and oxygen atoms in total. The van der Waals surface area contributed by atoms with E-state index in [0.717, 1.165) is 17.3 Å². The Labute approximate surface area is 277 Å². The first-order valence-electron chi connectivity index (χ1n) is 13.2. The fraction of sp³-hybridized carbons (Fsp3) is 1.00. The molecule has 0 saturated carbocycles. The Morgan fingerprint density at radius 3 is 1.12 bits per heavy atom. The number of rotatable bonds is 13. The Morgan fingerprint density at radius 2 is 0.881 bits per heavy atom. The lowest BCUT2D eigenvalue weighted by molar-refractivity contribution is -0.871. The average molecular weight is 638 g/mol. The maximum absolute atomic E-state index is 11.2. The molecule has 0 aromatic rings. The summed E-state index contributed by atoms with van der Waals surface area (Å²) in [5.74, 6) is 0. The van der Waals surface area contributed by atoms with E-state index in [-0.39, 0.29) is 66.8 Å². The zero-order chi connectivity index (χ0) is 27.1. The van der Waals surface area contributed by atoms with Gasteiger partial charge in [0.05, 0.1) is 34.3 Å². The van der Waals surface area contributed by atoms with Gasteiger partial charge in [0.25, 0.3) is 0 Å². The van der Waals surface area contributed by atoms with Crippen molar-refractivity contribution in [2.45, 2.75) is 168 Å². The smallest absolute Gasteiger partial charge is 0.197 e. The summed E-state index contributed by atoms with van der Waals surface area (Å²) < 4.78 is 17.5. The van der Waals surface area contributed by atoms with Gasteiger partial charge in [0, 0.05) is 19.8 Å². The first-order valence-corrected chi connectivity index (χ1v) is 15.7. The summed E-state index contributed by atoms with van der Waals surface area (Å²) in [5, 5.41) is 0. The van der Waals surface area contributed by atoms with Gasteiger partial charge < -0.3 is 13.9 Å². The predicted octanol–water partition coefficient (Wildman–Crippen LogP) is 14.0. The van der Waals surface area contributed by atoms with Gasteiger partial charge in [0.2, 0.25) is 0 Å². The Bertz CT molecular complexity index is 516. The second-order valence-electron chi connectivity index (χ2n) is 13.7. The summed E-state index contributed by atoms with van der Waals surface area (Å²) in [6, 6.07) is 0. The van der Waals surface area contributed by atoms with Gasteiger partial charge >= 0.3 is 0 Å². The quantitative estimate of drug-likeness (QED) is 0.149. The van der Waals surface area contributed by atoms with Crippen molar-refractivity contribution in [1.29, 1.82) is 0 Å². The van der Waals surface area contributed by atoms with E-state index in [1.165, 1.54) is 38.8 Å². The zero-order valence-corrected chi connectivity index (χ0v) is 26.9. The van der Waals surface area contributed by atoms with Crippen LogP contribution in [0.25, 0.3) is 0 Å². The van der Waals surface area contributed by atoms with Crippen molar-refractivity contribution in [2.24, 2.45) is 16.2 Å². The minimum atomic E-state index is -2.26. The lowest BCUT2D eigenvalue weighted by atomic mass is 9.86. The van der Waals surface area contributed by atoms with Gasteiger partial charge in [0.15, 0.2) is 7.37 Å². The first kappa shape index (κ1) is 78.5. The number of quaternary nitrogens is 1. The van der Waals surface area contributed by atoms with Crippen LogP contribution in [-0.2, 0) is 9.09 Å². The molecule has 0 bridgehead atoms. The van der Waals surface area contributed by atoms with Gasteiger partial charge in [-0.2, -0.15) is 0 Å². The molecule has 0 spiro atoms. The van der Waals surface area contributed by atoms with Crippen LogP contribution in [0.5, 0.6) is 0 Å². The monoisotopic (exact) mass is 638 g/mol. The van der Waals surface area contributed by atoms with Crippen molar-refractivity contribution in [3.63, 3.8) is 0 Å². The molecule has 0 amide bonds. The third-order valence-electron chi connectivity index (χ3n) is 6.75. The second kappa shape index (κ2) is 35.6. The van der Waals surface area contributed by atoms with Crippen LogP contribution in [0.3, 0.4) is 0 Å². The minimum absolute atomic E-state index is 0. The lowest BCUT2D eigenvalue weighted by Gasteiger charge is -2.29. The molecule has 0 unspecified atom stereocenters. The molecule has 0 rings (SSSR count). The van der Waals surface area contributed by atoms with E-state index >= 15 is 0 Å². The van der Waals surface area contributed by atoms with E-state index in [9.17, 15) is 4.57 Å². The van der Waals surface area contributed by atoms with Gasteiger partial charge in [-0.15, -0.1) is 0 Å². The number of hydrogen-bond donors (Lipinski definition) is 0. The Balaban J connectivity index is -0.0000000291. The molecule has 5 heteroatoms. The fourth-order valence-corrected chi connectivity index (χ4v) is 2.77. The molecular formula is C37H102N2O2P+. The predicted molar refractivity (Wildman–Crippen MR) is 214 cm³/mol. The molecule has 0 N–H and O–H groups in total. The van der Waals surface area contributed by atoms with Crippen LogP contribution >= 0.6 is 7.37 Å². The Morgan fingerprint density at radius 1 is 0.595 bits per heavy atom. The lowest BCUT2D eigenvalue weighted by Crippen LogP contribution is -2.37. The van der Waals surface area contributed by atoms with Gasteiger partial charge in [-0.25, -0.2) is 0 Å². The van der Waals surface area contributed by atoms with Crippen molar-refractivity contribution >= 4 is 7.37 Å². The Kier molecular flexibility index (Phi) is 66.5. The maximum atomic E-state index is 11.2. The highest BCUT2D eigenvalue weighted by Gasteiger charge is 2.19. The topological polar surface area (TPSA) is 29.5 Å². The molecule has 0 aliphatic carbocycles. The van der Waals surface area contributed by atoms with Crippen molar-refractivity contribution in [1.82, 2.24) is 4.90 Å². The maximum Gasteiger partial charge on any atom is 0.197 e. The van der Waals surface area contributed by atoms with Crippen LogP contribution in [0.2, 0.25) is 0 Å². The minimum Gasteiger partial charge on any atom is -0.331 e. The van der Waals surface area contributed by atoms with Crippen LogP contribution in [0.15, 0.2) is 0 Å². The van der Waals surface area contributed by atoms with E-state index in [4.69, 9.17) is 4.52 Å². The number of hydrogen-bond acceptors (Lipinski definition) is 3. The number of nitrogens with zero attached hydrogens (tertiary/aromatic N) is 2. The van der Waals surface area contributed by atoms with Crippen LogP contribution in [0.1, 0.15) is 168 Å². The normalized spacial score (nSPS) is 10.4. The summed E-state index contributed by atoms with van der Waals surface area (Å²) in [6.45, 7) is 26.9. The molecule has 42 heavy (non-hydrogen) atoms. The average Bonchev–Trinajstić information content (AvgIpc) is 2.64. The van der Waals surface area contributed by atoms with Crippen LogP contribution in [0, 0.1) is 16.2 Å². The third-order valence-corrected chi connectivity index (χ3v) is 7.55. The van der Waals surface area contributed by atoms with Gasteiger partial charge in [-0.05, 0) is 49.7 Å². The fourth-order valence-electron chi connectivity index (χ4n) is 2.24. The molecular weight excluding hydrogens is 535 g/mol. The van der Waals surface area contributed by atoms with E-state index in [2.05, 4.69) is 102 Å². The summed E-state index contributed by atoms with van der Waals surface area (Å²) in [5.41, 5.74) is 1.38. The first-order chi connectivity index (χ1) is 14.5. The summed E-state index contributed by atoms with van der Waals surface area (Å²) >= 11 is 0. The molecule has 0 aliphatic heterocycles. The second-order valence-corrected chi connectivity index (χ2v) is 16.5. The van der Waals surface area contributed by atoms with E-state index in [0.29, 0.717) is 22.9 Å². The summed E-state index contributed by atoms with van der Waals surface area (Å²) in [4.78, 5) is 2.25. The highest BCUT2D eigenvalue weighted by Crippen LogP contribution is 2.38. The highest BCUT2D eigenvalue weighted by atomic mass is 31.2. The summed E-state index contributed by atoms with van der Waals surface area (Å²) in [7, 11) is 8.77. The zero-order valence-electron chi connectivity index (χ0n) is 26.0. The largest absolute Gasteiger partial charge is 0.331 e. The molecule has 0 aromatic carbocycles. The van der Waals surface area contributed by atoms with E-state index in [1.807, 2.05) is 0 Å². The van der Waals surface area contributed by atoms with Crippen LogP contribution in [0.4, 0.5) is 0 Å².